The maximum atomic E-state index is 4.11. The molecule has 1 aromatic carbocycles. The molecule has 0 aliphatic carbocycles. The summed E-state index contributed by atoms with van der Waals surface area (Å²) in [5.74, 6) is 0. The van der Waals surface area contributed by atoms with E-state index in [0.29, 0.717) is 0 Å². The van der Waals surface area contributed by atoms with Crippen molar-refractivity contribution in [3.63, 3.8) is 0 Å². The highest BCUT2D eigenvalue weighted by atomic mass is 15.1. The number of hydrogen-bond donors (Lipinski definition) is 0. The van der Waals surface area contributed by atoms with Gasteiger partial charge in [0.1, 0.15) is 0 Å². The van der Waals surface area contributed by atoms with Crippen molar-refractivity contribution in [1.82, 2.24) is 4.90 Å². The lowest BCUT2D eigenvalue weighted by atomic mass is 10.0. The molecule has 0 unspecified atom stereocenters. The number of rotatable bonds is 0. The molecule has 1 heteroatoms. The summed E-state index contributed by atoms with van der Waals surface area (Å²) in [4.78, 5) is 2.02. The van der Waals surface area contributed by atoms with E-state index in [2.05, 4.69) is 44.4 Å². The van der Waals surface area contributed by atoms with Gasteiger partial charge in [0.05, 0.1) is 0 Å². The average molecular weight is 197 g/mol. The summed E-state index contributed by atoms with van der Waals surface area (Å²) in [6, 6.07) is 6.40. The number of allylic oxidation sites excluding steroid dienone is 1. The van der Waals surface area contributed by atoms with Crippen LogP contribution in [0.5, 0.6) is 0 Å². The van der Waals surface area contributed by atoms with Gasteiger partial charge in [-0.25, -0.2) is 0 Å². The third kappa shape index (κ3) is 1.61. The minimum Gasteiger partial charge on any atom is -0.345 e. The zero-order valence-electron chi connectivity index (χ0n) is 9.25. The first-order valence-corrected chi connectivity index (χ1v) is 5.00. The van der Waals surface area contributed by atoms with Crippen molar-refractivity contribution in [2.45, 2.75) is 6.92 Å². The largest absolute Gasteiger partial charge is 0.345 e. The number of benzene rings is 1. The Hall–Kier alpha value is -1.76. The topological polar surface area (TPSA) is 3.24 Å². The molecule has 0 aromatic heterocycles. The van der Waals surface area contributed by atoms with E-state index in [1.807, 2.05) is 18.0 Å². The highest BCUT2D eigenvalue weighted by Crippen LogP contribution is 2.28. The third-order valence-corrected chi connectivity index (χ3v) is 2.81. The minimum atomic E-state index is 0.967. The molecule has 0 saturated carbocycles. The van der Waals surface area contributed by atoms with Crippen LogP contribution in [0.4, 0.5) is 0 Å². The Kier molecular flexibility index (Phi) is 2.24. The molecule has 0 spiro atoms. The summed E-state index contributed by atoms with van der Waals surface area (Å²) in [6.07, 6.45) is 4.11. The van der Waals surface area contributed by atoms with Gasteiger partial charge in [-0.05, 0) is 24.6 Å². The maximum absolute atomic E-state index is 4.11. The van der Waals surface area contributed by atoms with Crippen molar-refractivity contribution in [3.05, 3.63) is 59.8 Å². The van der Waals surface area contributed by atoms with Gasteiger partial charge in [-0.15, -0.1) is 0 Å². The van der Waals surface area contributed by atoms with Crippen molar-refractivity contribution >= 4 is 11.8 Å². The lowest BCUT2D eigenvalue weighted by Crippen LogP contribution is -2.12. The summed E-state index contributed by atoms with van der Waals surface area (Å²) in [7, 11) is 1.99. The molecule has 0 amide bonds. The molecule has 1 aromatic rings. The second-order valence-corrected chi connectivity index (χ2v) is 3.92. The van der Waals surface area contributed by atoms with E-state index in [1.54, 1.807) is 0 Å². The highest BCUT2D eigenvalue weighted by Gasteiger charge is 2.13. The van der Waals surface area contributed by atoms with Gasteiger partial charge in [0.25, 0.3) is 0 Å². The molecule has 0 saturated heterocycles. The van der Waals surface area contributed by atoms with Gasteiger partial charge in [0.15, 0.2) is 0 Å². The maximum Gasteiger partial charge on any atom is 0.0414 e. The van der Waals surface area contributed by atoms with Gasteiger partial charge >= 0.3 is 0 Å². The predicted octanol–water partition coefficient (Wildman–Crippen LogP) is 3.44. The second-order valence-electron chi connectivity index (χ2n) is 3.92. The van der Waals surface area contributed by atoms with E-state index in [4.69, 9.17) is 0 Å². The van der Waals surface area contributed by atoms with Crippen LogP contribution in [-0.4, -0.2) is 11.9 Å². The van der Waals surface area contributed by atoms with Crippen molar-refractivity contribution < 1.29 is 0 Å². The number of fused-ring (bicyclic) bond motifs is 1. The fourth-order valence-electron chi connectivity index (χ4n) is 1.72. The Morgan fingerprint density at radius 1 is 1.13 bits per heavy atom. The molecule has 15 heavy (non-hydrogen) atoms. The number of nitrogens with zero attached hydrogens (tertiary/aromatic N) is 1. The summed E-state index contributed by atoms with van der Waals surface area (Å²) in [5, 5.41) is 0. The van der Waals surface area contributed by atoms with Crippen LogP contribution in [0.25, 0.3) is 11.8 Å². The Balaban J connectivity index is 2.62. The SMILES string of the molecule is C=C1C=Cc2ccc(C)cc2C(=C)N1C. The second kappa shape index (κ2) is 3.43. The first kappa shape index (κ1) is 9.78. The lowest BCUT2D eigenvalue weighted by Gasteiger charge is -2.21. The Morgan fingerprint density at radius 3 is 2.60 bits per heavy atom. The molecule has 1 aliphatic heterocycles. The van der Waals surface area contributed by atoms with E-state index >= 15 is 0 Å². The fourth-order valence-corrected chi connectivity index (χ4v) is 1.72. The molecule has 0 radical (unpaired) electrons. The van der Waals surface area contributed by atoms with E-state index < -0.39 is 0 Å². The normalized spacial score (nSPS) is 15.2. The molecule has 0 atom stereocenters. The van der Waals surface area contributed by atoms with E-state index in [1.165, 1.54) is 16.7 Å². The predicted molar refractivity (Wildman–Crippen MR) is 66.2 cm³/mol. The standard InChI is InChI=1S/C14H15N/c1-10-5-7-13-8-6-11(2)15(4)12(3)14(13)9-10/h5-9H,2-3H2,1,4H3. The first-order chi connectivity index (χ1) is 7.09. The number of hydrogen-bond acceptors (Lipinski definition) is 1. The van der Waals surface area contributed by atoms with Crippen LogP contribution in [0.2, 0.25) is 0 Å². The fraction of sp³-hybridized carbons (Fsp3) is 0.143. The van der Waals surface area contributed by atoms with Crippen molar-refractivity contribution in [2.75, 3.05) is 7.05 Å². The van der Waals surface area contributed by atoms with Crippen molar-refractivity contribution in [1.29, 1.82) is 0 Å². The van der Waals surface area contributed by atoms with Crippen LogP contribution >= 0.6 is 0 Å². The number of likely N-dealkylation sites (N-methyl/N-ethyl adjacent to an activating group) is 1. The Morgan fingerprint density at radius 2 is 1.87 bits per heavy atom. The van der Waals surface area contributed by atoms with Gasteiger partial charge in [0, 0.05) is 24.0 Å². The van der Waals surface area contributed by atoms with Crippen LogP contribution in [0.3, 0.4) is 0 Å². The molecule has 0 fully saturated rings. The van der Waals surface area contributed by atoms with Crippen LogP contribution in [0.1, 0.15) is 16.7 Å². The molecule has 1 nitrogen and oxygen atoms in total. The van der Waals surface area contributed by atoms with Gasteiger partial charge in [-0.3, -0.25) is 0 Å². The molecule has 0 N–H and O–H groups in total. The average Bonchev–Trinajstić information content (AvgIpc) is 2.32. The summed E-state index contributed by atoms with van der Waals surface area (Å²) in [5.41, 5.74) is 5.62. The van der Waals surface area contributed by atoms with Crippen LogP contribution in [0.15, 0.2) is 43.1 Å². The molecule has 0 bridgehead atoms. The first-order valence-electron chi connectivity index (χ1n) is 5.00. The molecule has 2 rings (SSSR count). The van der Waals surface area contributed by atoms with Gasteiger partial charge in [-0.1, -0.05) is 36.9 Å². The minimum absolute atomic E-state index is 0.967. The van der Waals surface area contributed by atoms with E-state index in [9.17, 15) is 0 Å². The monoisotopic (exact) mass is 197 g/mol. The number of aryl methyl sites for hydroxylation is 1. The smallest absolute Gasteiger partial charge is 0.0414 e. The molecule has 1 heterocycles. The van der Waals surface area contributed by atoms with Gasteiger partial charge in [0.2, 0.25) is 0 Å². The zero-order valence-corrected chi connectivity index (χ0v) is 9.25. The molecular formula is C14H15N. The lowest BCUT2D eigenvalue weighted by molar-refractivity contribution is 0.623. The Bertz CT molecular complexity index is 466. The zero-order chi connectivity index (χ0) is 11.0. The van der Waals surface area contributed by atoms with E-state index in [-0.39, 0.29) is 0 Å². The van der Waals surface area contributed by atoms with Crippen LogP contribution < -0.4 is 0 Å². The van der Waals surface area contributed by atoms with Crippen molar-refractivity contribution in [2.24, 2.45) is 0 Å². The quantitative estimate of drug-likeness (QED) is 0.616. The van der Waals surface area contributed by atoms with E-state index in [0.717, 1.165) is 11.4 Å². The third-order valence-electron chi connectivity index (χ3n) is 2.81. The van der Waals surface area contributed by atoms with Crippen LogP contribution in [0, 0.1) is 6.92 Å². The molecule has 1 aliphatic rings. The summed E-state index contributed by atoms with van der Waals surface area (Å²) in [6.45, 7) is 10.2. The Labute approximate surface area is 91.0 Å². The van der Waals surface area contributed by atoms with Gasteiger partial charge < -0.3 is 4.90 Å². The van der Waals surface area contributed by atoms with Gasteiger partial charge in [-0.2, -0.15) is 0 Å². The summed E-state index contributed by atoms with van der Waals surface area (Å²) >= 11 is 0. The molecule has 76 valence electrons. The summed E-state index contributed by atoms with van der Waals surface area (Å²) < 4.78 is 0. The van der Waals surface area contributed by atoms with Crippen molar-refractivity contribution in [3.8, 4) is 0 Å². The highest BCUT2D eigenvalue weighted by molar-refractivity contribution is 5.76. The van der Waals surface area contributed by atoms with Crippen LogP contribution in [-0.2, 0) is 0 Å². The molecular weight excluding hydrogens is 182 g/mol.